The molecule has 2 fully saturated rings. The molecular formula is C27H34FN3O6. The maximum absolute atomic E-state index is 13.6. The molecule has 0 spiro atoms. The van der Waals surface area contributed by atoms with Crippen molar-refractivity contribution in [1.29, 1.82) is 0 Å². The first-order chi connectivity index (χ1) is 18.2. The smallest absolute Gasteiger partial charge is 0.232 e. The molecule has 4 heterocycles. The molecule has 2 saturated heterocycles. The van der Waals surface area contributed by atoms with Crippen LogP contribution in [0.4, 0.5) is 10.3 Å². The number of aliphatic hydroxyl groups is 1. The van der Waals surface area contributed by atoms with Crippen molar-refractivity contribution in [1.82, 2.24) is 10.1 Å². The average Bonchev–Trinajstić information content (AvgIpc) is 3.68. The van der Waals surface area contributed by atoms with Gasteiger partial charge in [-0.2, -0.15) is 0 Å². The Morgan fingerprint density at radius 2 is 2.00 bits per heavy atom. The van der Waals surface area contributed by atoms with Crippen molar-refractivity contribution in [2.24, 2.45) is 0 Å². The largest absolute Gasteiger partial charge is 0.467 e. The van der Waals surface area contributed by atoms with Gasteiger partial charge in [-0.05, 0) is 49.2 Å². The lowest BCUT2D eigenvalue weighted by Crippen LogP contribution is -2.40. The number of anilines is 1. The van der Waals surface area contributed by atoms with Crippen LogP contribution in [0, 0.1) is 5.82 Å². The van der Waals surface area contributed by atoms with Crippen LogP contribution in [0.3, 0.4) is 0 Å². The number of furan rings is 1. The molecule has 0 bridgehead atoms. The monoisotopic (exact) mass is 515 g/mol. The first-order valence-electron chi connectivity index (χ1n) is 12.8. The van der Waals surface area contributed by atoms with Crippen LogP contribution in [0.5, 0.6) is 0 Å². The highest BCUT2D eigenvalue weighted by atomic mass is 19.1. The molecule has 3 aromatic rings. The Balaban J connectivity index is 1.35. The van der Waals surface area contributed by atoms with Crippen molar-refractivity contribution in [3.8, 4) is 11.3 Å². The van der Waals surface area contributed by atoms with Crippen molar-refractivity contribution in [2.45, 2.75) is 38.2 Å². The van der Waals surface area contributed by atoms with Gasteiger partial charge in [-0.3, -0.25) is 4.90 Å². The molecule has 5 rings (SSSR count). The molecule has 9 nitrogen and oxygen atoms in total. The summed E-state index contributed by atoms with van der Waals surface area (Å²) in [5.74, 6) is 1.09. The number of hydrogen-bond acceptors (Lipinski definition) is 9. The van der Waals surface area contributed by atoms with Gasteiger partial charge in [0, 0.05) is 44.9 Å². The van der Waals surface area contributed by atoms with E-state index in [4.69, 9.17) is 23.2 Å². The lowest BCUT2D eigenvalue weighted by Gasteiger charge is -2.30. The minimum Gasteiger partial charge on any atom is -0.467 e. The van der Waals surface area contributed by atoms with E-state index in [1.54, 1.807) is 18.4 Å². The lowest BCUT2D eigenvalue weighted by molar-refractivity contribution is -0.00634. The summed E-state index contributed by atoms with van der Waals surface area (Å²) in [6.07, 6.45) is 2.99. The van der Waals surface area contributed by atoms with Gasteiger partial charge in [-0.1, -0.05) is 5.16 Å². The first kappa shape index (κ1) is 25.9. The summed E-state index contributed by atoms with van der Waals surface area (Å²) in [6, 6.07) is 9.91. The quantitative estimate of drug-likeness (QED) is 0.389. The molecule has 0 unspecified atom stereocenters. The van der Waals surface area contributed by atoms with E-state index in [-0.39, 0.29) is 18.5 Å². The van der Waals surface area contributed by atoms with E-state index in [2.05, 4.69) is 15.0 Å². The third-order valence-electron chi connectivity index (χ3n) is 6.65. The Kier molecular flexibility index (Phi) is 8.85. The molecule has 1 N–H and O–H groups in total. The van der Waals surface area contributed by atoms with Gasteiger partial charge in [0.25, 0.3) is 0 Å². The summed E-state index contributed by atoms with van der Waals surface area (Å²) in [5.41, 5.74) is 2.34. The predicted octanol–water partition coefficient (Wildman–Crippen LogP) is 3.47. The van der Waals surface area contributed by atoms with E-state index < -0.39 is 6.10 Å². The van der Waals surface area contributed by atoms with Gasteiger partial charge in [-0.25, -0.2) is 4.39 Å². The standard InChI is InChI=1S/C27H34FN3O6/c28-21-7-5-20(6-8-21)26-25(27(37-29-26)31-9-13-33-14-10-31)17-30(16-23-3-1-11-35-23)15-22(32)18-34-19-24-4-2-12-36-24/h2,4-8,12,22-23,32H,1,3,9-11,13-19H2/t22-,23+/m1/s1. The van der Waals surface area contributed by atoms with Gasteiger partial charge in [0.05, 0.1) is 43.9 Å². The summed E-state index contributed by atoms with van der Waals surface area (Å²) < 4.78 is 41.9. The molecule has 0 radical (unpaired) electrons. The highest BCUT2D eigenvalue weighted by Crippen LogP contribution is 2.33. The summed E-state index contributed by atoms with van der Waals surface area (Å²) in [7, 11) is 0. The number of morpholine rings is 1. The van der Waals surface area contributed by atoms with Gasteiger partial charge in [-0.15, -0.1) is 0 Å². The van der Waals surface area contributed by atoms with Crippen LogP contribution in [-0.4, -0.2) is 80.0 Å². The van der Waals surface area contributed by atoms with E-state index in [1.165, 1.54) is 12.1 Å². The number of hydrogen-bond donors (Lipinski definition) is 1. The lowest BCUT2D eigenvalue weighted by atomic mass is 10.1. The van der Waals surface area contributed by atoms with Crippen LogP contribution in [-0.2, 0) is 27.4 Å². The zero-order valence-corrected chi connectivity index (χ0v) is 20.9. The molecule has 0 saturated carbocycles. The SMILES string of the molecule is O[C@@H](COCc1ccco1)CN(Cc1c(-c2ccc(F)cc2)noc1N1CCOCC1)C[C@@H]1CCCO1. The van der Waals surface area contributed by atoms with E-state index in [9.17, 15) is 9.50 Å². The minimum absolute atomic E-state index is 0.0946. The van der Waals surface area contributed by atoms with E-state index in [0.717, 1.165) is 30.6 Å². The van der Waals surface area contributed by atoms with Crippen LogP contribution in [0.2, 0.25) is 0 Å². The number of aromatic nitrogens is 1. The van der Waals surface area contributed by atoms with E-state index >= 15 is 0 Å². The summed E-state index contributed by atoms with van der Waals surface area (Å²) in [4.78, 5) is 4.30. The van der Waals surface area contributed by atoms with Gasteiger partial charge >= 0.3 is 0 Å². The normalized spacial score (nSPS) is 19.1. The van der Waals surface area contributed by atoms with E-state index in [0.29, 0.717) is 69.9 Å². The second-order valence-corrected chi connectivity index (χ2v) is 9.50. The fourth-order valence-corrected chi connectivity index (χ4v) is 4.84. The van der Waals surface area contributed by atoms with Crippen molar-refractivity contribution < 1.29 is 32.6 Å². The van der Waals surface area contributed by atoms with E-state index in [1.807, 2.05) is 12.1 Å². The number of rotatable bonds is 12. The fraction of sp³-hybridized carbons (Fsp3) is 0.519. The van der Waals surface area contributed by atoms with Gasteiger partial charge in [0.1, 0.15) is 23.9 Å². The molecule has 1 aromatic carbocycles. The van der Waals surface area contributed by atoms with Gasteiger partial charge in [0.15, 0.2) is 0 Å². The third kappa shape index (κ3) is 6.97. The molecule has 2 atom stereocenters. The summed E-state index contributed by atoms with van der Waals surface area (Å²) >= 11 is 0. The fourth-order valence-electron chi connectivity index (χ4n) is 4.84. The Bertz CT molecular complexity index is 1080. The first-order valence-corrected chi connectivity index (χ1v) is 12.8. The maximum Gasteiger partial charge on any atom is 0.232 e. The summed E-state index contributed by atoms with van der Waals surface area (Å²) in [5, 5.41) is 15.2. The molecule has 0 aliphatic carbocycles. The maximum atomic E-state index is 13.6. The molecule has 200 valence electrons. The molecule has 2 aromatic heterocycles. The van der Waals surface area contributed by atoms with Gasteiger partial charge in [0.2, 0.25) is 5.88 Å². The van der Waals surface area contributed by atoms with Crippen LogP contribution in [0.1, 0.15) is 24.2 Å². The van der Waals surface area contributed by atoms with Crippen LogP contribution in [0.15, 0.2) is 51.6 Å². The van der Waals surface area contributed by atoms with Gasteiger partial charge < -0.3 is 33.2 Å². The van der Waals surface area contributed by atoms with Crippen molar-refractivity contribution in [3.63, 3.8) is 0 Å². The molecule has 2 aliphatic heterocycles. The number of aliphatic hydroxyl groups excluding tert-OH is 1. The molecule has 0 amide bonds. The van der Waals surface area contributed by atoms with Crippen molar-refractivity contribution in [2.75, 3.05) is 57.5 Å². The minimum atomic E-state index is -0.711. The Labute approximate surface area is 215 Å². The topological polar surface area (TPSA) is 93.6 Å². The number of nitrogens with zero attached hydrogens (tertiary/aromatic N) is 3. The van der Waals surface area contributed by atoms with Crippen molar-refractivity contribution in [3.05, 3.63) is 59.8 Å². The van der Waals surface area contributed by atoms with Crippen LogP contribution >= 0.6 is 0 Å². The second kappa shape index (κ2) is 12.7. The average molecular weight is 516 g/mol. The van der Waals surface area contributed by atoms with Crippen LogP contribution in [0.25, 0.3) is 11.3 Å². The highest BCUT2D eigenvalue weighted by molar-refractivity contribution is 5.68. The Morgan fingerprint density at radius 1 is 1.16 bits per heavy atom. The number of benzene rings is 1. The van der Waals surface area contributed by atoms with Crippen LogP contribution < -0.4 is 4.90 Å². The zero-order valence-electron chi connectivity index (χ0n) is 20.9. The summed E-state index contributed by atoms with van der Waals surface area (Å²) in [6.45, 7) is 5.36. The Hall–Kier alpha value is -2.76. The molecule has 2 aliphatic rings. The number of halogens is 1. The second-order valence-electron chi connectivity index (χ2n) is 9.50. The number of ether oxygens (including phenoxy) is 3. The highest BCUT2D eigenvalue weighted by Gasteiger charge is 2.28. The Morgan fingerprint density at radius 3 is 2.73 bits per heavy atom. The molecular weight excluding hydrogens is 481 g/mol. The third-order valence-corrected chi connectivity index (χ3v) is 6.65. The zero-order chi connectivity index (χ0) is 25.5. The predicted molar refractivity (Wildman–Crippen MR) is 134 cm³/mol. The van der Waals surface area contributed by atoms with Crippen molar-refractivity contribution >= 4 is 5.88 Å². The molecule has 37 heavy (non-hydrogen) atoms. The molecule has 10 heteroatoms.